The smallest absolute Gasteiger partial charge is 0.191 e. The average molecular weight is 327 g/mol. The summed E-state index contributed by atoms with van der Waals surface area (Å²) in [5.41, 5.74) is 2.54. The van der Waals surface area contributed by atoms with Crippen molar-refractivity contribution in [3.63, 3.8) is 0 Å². The minimum Gasteiger partial charge on any atom is -0.378 e. The quantitative estimate of drug-likeness (QED) is 0.578. The minimum absolute atomic E-state index is 0.778. The van der Waals surface area contributed by atoms with Crippen LogP contribution in [0.5, 0.6) is 0 Å². The monoisotopic (exact) mass is 327 g/mol. The van der Waals surface area contributed by atoms with Gasteiger partial charge in [0.15, 0.2) is 5.96 Å². The molecule has 2 aromatic rings. The SMILES string of the molecule is CCNC(=NCCc1ccc(N(C)C)cc1)NCCn1cccc1. The summed E-state index contributed by atoms with van der Waals surface area (Å²) >= 11 is 0. The van der Waals surface area contributed by atoms with Gasteiger partial charge in [-0.1, -0.05) is 12.1 Å². The van der Waals surface area contributed by atoms with E-state index in [1.807, 2.05) is 12.1 Å². The van der Waals surface area contributed by atoms with Crippen LogP contribution in [0, 0.1) is 0 Å². The molecular formula is C19H29N5. The maximum atomic E-state index is 4.66. The first-order valence-corrected chi connectivity index (χ1v) is 8.58. The zero-order valence-electron chi connectivity index (χ0n) is 15.0. The Kier molecular flexibility index (Phi) is 7.21. The van der Waals surface area contributed by atoms with Crippen LogP contribution >= 0.6 is 0 Å². The molecular weight excluding hydrogens is 298 g/mol. The largest absolute Gasteiger partial charge is 0.378 e. The third kappa shape index (κ3) is 5.99. The Morgan fingerprint density at radius 2 is 1.79 bits per heavy atom. The van der Waals surface area contributed by atoms with E-state index in [2.05, 4.69) is 82.8 Å². The molecule has 0 radical (unpaired) electrons. The van der Waals surface area contributed by atoms with Crippen molar-refractivity contribution in [2.75, 3.05) is 38.6 Å². The second kappa shape index (κ2) is 9.65. The van der Waals surface area contributed by atoms with Crippen molar-refractivity contribution < 1.29 is 0 Å². The summed E-state index contributed by atoms with van der Waals surface area (Å²) in [5.74, 6) is 0.884. The Balaban J connectivity index is 1.79. The first-order valence-electron chi connectivity index (χ1n) is 8.58. The first-order chi connectivity index (χ1) is 11.7. The van der Waals surface area contributed by atoms with E-state index in [0.29, 0.717) is 0 Å². The molecule has 0 unspecified atom stereocenters. The van der Waals surface area contributed by atoms with Crippen molar-refractivity contribution in [1.82, 2.24) is 15.2 Å². The fourth-order valence-corrected chi connectivity index (χ4v) is 2.42. The van der Waals surface area contributed by atoms with Gasteiger partial charge in [0.2, 0.25) is 0 Å². The summed E-state index contributed by atoms with van der Waals surface area (Å²) in [6.45, 7) is 5.53. The zero-order valence-corrected chi connectivity index (χ0v) is 15.0. The number of hydrogen-bond acceptors (Lipinski definition) is 2. The predicted octanol–water partition coefficient (Wildman–Crippen LogP) is 2.35. The minimum atomic E-state index is 0.778. The van der Waals surface area contributed by atoms with Crippen LogP contribution in [0.3, 0.4) is 0 Å². The van der Waals surface area contributed by atoms with E-state index >= 15 is 0 Å². The fraction of sp³-hybridized carbons (Fsp3) is 0.421. The predicted molar refractivity (Wildman–Crippen MR) is 103 cm³/mol. The molecule has 1 aromatic carbocycles. The standard InChI is InChI=1S/C19H29N5/c1-4-20-19(22-13-16-24-14-5-6-15-24)21-12-11-17-7-9-18(10-8-17)23(2)3/h5-10,14-15H,4,11-13,16H2,1-3H3,(H2,20,21,22). The van der Waals surface area contributed by atoms with Gasteiger partial charge in [0, 0.05) is 58.4 Å². The van der Waals surface area contributed by atoms with E-state index < -0.39 is 0 Å². The molecule has 0 saturated heterocycles. The number of guanidine groups is 1. The molecule has 1 heterocycles. The third-order valence-electron chi connectivity index (χ3n) is 3.80. The van der Waals surface area contributed by atoms with Crippen LogP contribution in [0.1, 0.15) is 12.5 Å². The van der Waals surface area contributed by atoms with Crippen LogP contribution < -0.4 is 15.5 Å². The topological polar surface area (TPSA) is 44.6 Å². The van der Waals surface area contributed by atoms with Gasteiger partial charge in [-0.25, -0.2) is 0 Å². The third-order valence-corrected chi connectivity index (χ3v) is 3.80. The molecule has 5 heteroatoms. The van der Waals surface area contributed by atoms with Crippen molar-refractivity contribution in [2.24, 2.45) is 4.99 Å². The van der Waals surface area contributed by atoms with Crippen molar-refractivity contribution in [3.8, 4) is 0 Å². The van der Waals surface area contributed by atoms with Gasteiger partial charge in [0.25, 0.3) is 0 Å². The summed E-state index contributed by atoms with van der Waals surface area (Å²) in [6.07, 6.45) is 5.09. The van der Waals surface area contributed by atoms with Gasteiger partial charge in [-0.3, -0.25) is 4.99 Å². The number of nitrogens with one attached hydrogen (secondary N) is 2. The molecule has 0 aliphatic carbocycles. The summed E-state index contributed by atoms with van der Waals surface area (Å²) in [7, 11) is 4.11. The van der Waals surface area contributed by atoms with E-state index in [-0.39, 0.29) is 0 Å². The van der Waals surface area contributed by atoms with Crippen LogP contribution in [0.15, 0.2) is 53.8 Å². The number of rotatable bonds is 8. The first kappa shape index (κ1) is 17.9. The molecule has 2 rings (SSSR count). The molecule has 0 saturated carbocycles. The van der Waals surface area contributed by atoms with Crippen LogP contribution in [0.2, 0.25) is 0 Å². The Bertz CT molecular complexity index is 599. The van der Waals surface area contributed by atoms with Gasteiger partial charge in [-0.05, 0) is 43.2 Å². The van der Waals surface area contributed by atoms with Crippen LogP contribution in [0.25, 0.3) is 0 Å². The second-order valence-corrected chi connectivity index (χ2v) is 5.92. The Morgan fingerprint density at radius 1 is 1.08 bits per heavy atom. The van der Waals surface area contributed by atoms with Gasteiger partial charge in [0.05, 0.1) is 0 Å². The van der Waals surface area contributed by atoms with Crippen LogP contribution in [-0.2, 0) is 13.0 Å². The molecule has 0 aliphatic heterocycles. The van der Waals surface area contributed by atoms with Crippen molar-refractivity contribution in [2.45, 2.75) is 19.9 Å². The number of aromatic nitrogens is 1. The lowest BCUT2D eigenvalue weighted by molar-refractivity contribution is 0.665. The van der Waals surface area contributed by atoms with Gasteiger partial charge in [0.1, 0.15) is 0 Å². The lowest BCUT2D eigenvalue weighted by atomic mass is 10.1. The van der Waals surface area contributed by atoms with Gasteiger partial charge < -0.3 is 20.1 Å². The zero-order chi connectivity index (χ0) is 17.2. The number of nitrogens with zero attached hydrogens (tertiary/aromatic N) is 3. The average Bonchev–Trinajstić information content (AvgIpc) is 3.09. The van der Waals surface area contributed by atoms with E-state index in [4.69, 9.17) is 0 Å². The summed E-state index contributed by atoms with van der Waals surface area (Å²) < 4.78 is 2.16. The molecule has 24 heavy (non-hydrogen) atoms. The molecule has 0 amide bonds. The Morgan fingerprint density at radius 3 is 2.42 bits per heavy atom. The van der Waals surface area contributed by atoms with Crippen molar-refractivity contribution in [3.05, 3.63) is 54.4 Å². The highest BCUT2D eigenvalue weighted by atomic mass is 15.2. The molecule has 1 aromatic heterocycles. The summed E-state index contributed by atoms with van der Waals surface area (Å²) in [5, 5.41) is 6.68. The van der Waals surface area contributed by atoms with Crippen molar-refractivity contribution >= 4 is 11.6 Å². The maximum Gasteiger partial charge on any atom is 0.191 e. The number of benzene rings is 1. The molecule has 5 nitrogen and oxygen atoms in total. The van der Waals surface area contributed by atoms with E-state index in [9.17, 15) is 0 Å². The number of hydrogen-bond donors (Lipinski definition) is 2. The van der Waals surface area contributed by atoms with E-state index in [1.165, 1.54) is 11.3 Å². The van der Waals surface area contributed by atoms with Gasteiger partial charge >= 0.3 is 0 Å². The fourth-order valence-electron chi connectivity index (χ4n) is 2.42. The molecule has 2 N–H and O–H groups in total. The molecule has 0 atom stereocenters. The molecule has 0 bridgehead atoms. The highest BCUT2D eigenvalue weighted by Crippen LogP contribution is 2.12. The van der Waals surface area contributed by atoms with E-state index in [1.54, 1.807) is 0 Å². The molecule has 0 aliphatic rings. The van der Waals surface area contributed by atoms with Crippen LogP contribution in [0.4, 0.5) is 5.69 Å². The molecule has 130 valence electrons. The Hall–Kier alpha value is -2.43. The van der Waals surface area contributed by atoms with Gasteiger partial charge in [-0.2, -0.15) is 0 Å². The Labute approximate surface area is 145 Å². The summed E-state index contributed by atoms with van der Waals surface area (Å²) in [4.78, 5) is 6.77. The lowest BCUT2D eigenvalue weighted by Gasteiger charge is -2.13. The highest BCUT2D eigenvalue weighted by Gasteiger charge is 1.99. The van der Waals surface area contributed by atoms with Gasteiger partial charge in [-0.15, -0.1) is 0 Å². The maximum absolute atomic E-state index is 4.66. The van der Waals surface area contributed by atoms with Crippen LogP contribution in [-0.4, -0.2) is 44.3 Å². The normalized spacial score (nSPS) is 11.4. The van der Waals surface area contributed by atoms with E-state index in [0.717, 1.165) is 38.6 Å². The molecule has 0 fully saturated rings. The number of anilines is 1. The highest BCUT2D eigenvalue weighted by molar-refractivity contribution is 5.79. The molecule has 0 spiro atoms. The number of aliphatic imine (C=N–C) groups is 1. The summed E-state index contributed by atoms with van der Waals surface area (Å²) in [6, 6.07) is 12.7. The second-order valence-electron chi connectivity index (χ2n) is 5.92. The van der Waals surface area contributed by atoms with Crippen molar-refractivity contribution in [1.29, 1.82) is 0 Å². The lowest BCUT2D eigenvalue weighted by Crippen LogP contribution is -2.39.